The largest absolute Gasteiger partial charge is 0.345 e. The van der Waals surface area contributed by atoms with Gasteiger partial charge in [-0.2, -0.15) is 0 Å². The summed E-state index contributed by atoms with van der Waals surface area (Å²) in [5.41, 5.74) is 2.68. The van der Waals surface area contributed by atoms with Gasteiger partial charge in [0.05, 0.1) is 23.8 Å². The zero-order chi connectivity index (χ0) is 15.0. The number of fused-ring (bicyclic) bond motifs is 1. The number of hydrogen-bond donors (Lipinski definition) is 3. The van der Waals surface area contributed by atoms with Crippen molar-refractivity contribution in [3.63, 3.8) is 0 Å². The maximum Gasteiger partial charge on any atom is 0.251 e. The first-order valence-corrected chi connectivity index (χ1v) is 7.89. The van der Waals surface area contributed by atoms with Gasteiger partial charge in [0, 0.05) is 18.7 Å². The summed E-state index contributed by atoms with van der Waals surface area (Å²) in [4.78, 5) is 19.7. The lowest BCUT2D eigenvalue weighted by Crippen LogP contribution is -2.51. The summed E-state index contributed by atoms with van der Waals surface area (Å²) in [7, 11) is 0. The van der Waals surface area contributed by atoms with Crippen LogP contribution in [0.25, 0.3) is 11.3 Å². The Morgan fingerprint density at radius 2 is 2.18 bits per heavy atom. The minimum atomic E-state index is -0.0286. The molecule has 1 aliphatic carbocycles. The van der Waals surface area contributed by atoms with Crippen LogP contribution in [0, 0.1) is 5.92 Å². The van der Waals surface area contributed by atoms with Gasteiger partial charge in [-0.3, -0.25) is 4.79 Å². The van der Waals surface area contributed by atoms with Gasteiger partial charge in [-0.05, 0) is 36.5 Å². The average molecular weight is 296 g/mol. The van der Waals surface area contributed by atoms with Gasteiger partial charge in [-0.25, -0.2) is 4.98 Å². The van der Waals surface area contributed by atoms with E-state index in [1.807, 2.05) is 24.3 Å². The minimum Gasteiger partial charge on any atom is -0.345 e. The molecule has 1 aromatic carbocycles. The van der Waals surface area contributed by atoms with Crippen molar-refractivity contribution in [2.24, 2.45) is 5.92 Å². The number of nitrogens with zero attached hydrogens (tertiary/aromatic N) is 1. The van der Waals surface area contributed by atoms with E-state index < -0.39 is 0 Å². The summed E-state index contributed by atoms with van der Waals surface area (Å²) < 4.78 is 0. The molecule has 2 aromatic rings. The van der Waals surface area contributed by atoms with Crippen molar-refractivity contribution in [3.8, 4) is 11.3 Å². The molecule has 1 aromatic heterocycles. The first kappa shape index (κ1) is 13.5. The zero-order valence-corrected chi connectivity index (χ0v) is 12.4. The van der Waals surface area contributed by atoms with E-state index in [4.69, 9.17) is 0 Å². The van der Waals surface area contributed by atoms with E-state index in [2.05, 4.69) is 20.6 Å². The highest BCUT2D eigenvalue weighted by molar-refractivity contribution is 5.95. The molecule has 1 aliphatic heterocycles. The normalized spacial score (nSPS) is 26.8. The summed E-state index contributed by atoms with van der Waals surface area (Å²) in [5, 5.41) is 6.73. The molecule has 2 fully saturated rings. The van der Waals surface area contributed by atoms with Crippen LogP contribution in [-0.2, 0) is 0 Å². The van der Waals surface area contributed by atoms with Crippen LogP contribution in [0.2, 0.25) is 0 Å². The Hall–Kier alpha value is -2.14. The monoisotopic (exact) mass is 296 g/mol. The van der Waals surface area contributed by atoms with Crippen LogP contribution in [0.5, 0.6) is 0 Å². The second-order valence-electron chi connectivity index (χ2n) is 6.37. The first-order chi connectivity index (χ1) is 10.8. The standard InChI is InChI=1S/C17H20N4O/c22-16(21-17-7-1-2-14(17)8-18-10-17)13-5-3-12(4-6-13)15-9-19-11-20-15/h3-6,9,11,14,18H,1-2,7-8,10H2,(H,19,20)(H,21,22)/t14-,17-/m0/s1. The van der Waals surface area contributed by atoms with E-state index in [9.17, 15) is 4.79 Å². The molecule has 2 heterocycles. The average Bonchev–Trinajstić information content (AvgIpc) is 3.23. The van der Waals surface area contributed by atoms with Crippen LogP contribution in [-0.4, -0.2) is 34.5 Å². The Morgan fingerprint density at radius 1 is 1.32 bits per heavy atom. The molecule has 1 saturated heterocycles. The lowest BCUT2D eigenvalue weighted by Gasteiger charge is -2.29. The highest BCUT2D eigenvalue weighted by Gasteiger charge is 2.47. The van der Waals surface area contributed by atoms with E-state index in [1.54, 1.807) is 12.5 Å². The molecular formula is C17H20N4O. The van der Waals surface area contributed by atoms with Crippen LogP contribution in [0.1, 0.15) is 29.6 Å². The molecule has 5 nitrogen and oxygen atoms in total. The van der Waals surface area contributed by atoms with Crippen molar-refractivity contribution in [1.82, 2.24) is 20.6 Å². The maximum absolute atomic E-state index is 12.6. The van der Waals surface area contributed by atoms with E-state index >= 15 is 0 Å². The molecule has 0 radical (unpaired) electrons. The number of aromatic nitrogens is 2. The number of nitrogens with one attached hydrogen (secondary N) is 3. The molecule has 2 aliphatic rings. The van der Waals surface area contributed by atoms with Crippen molar-refractivity contribution in [1.29, 1.82) is 0 Å². The second kappa shape index (κ2) is 5.25. The van der Waals surface area contributed by atoms with Crippen LogP contribution in [0.3, 0.4) is 0 Å². The molecule has 114 valence electrons. The highest BCUT2D eigenvalue weighted by atomic mass is 16.1. The molecule has 5 heteroatoms. The van der Waals surface area contributed by atoms with Crippen molar-refractivity contribution < 1.29 is 4.79 Å². The number of amides is 1. The number of carbonyl (C=O) groups is 1. The number of aromatic amines is 1. The molecule has 4 rings (SSSR count). The number of hydrogen-bond acceptors (Lipinski definition) is 3. The SMILES string of the molecule is O=C(N[C@]12CCC[C@H]1CNC2)c1ccc(-c2cnc[nH]2)cc1. The lowest BCUT2D eigenvalue weighted by atomic mass is 9.90. The Bertz CT molecular complexity index is 652. The summed E-state index contributed by atoms with van der Waals surface area (Å²) in [6, 6.07) is 7.68. The van der Waals surface area contributed by atoms with Gasteiger partial charge in [-0.15, -0.1) is 0 Å². The van der Waals surface area contributed by atoms with Gasteiger partial charge < -0.3 is 15.6 Å². The van der Waals surface area contributed by atoms with E-state index in [1.165, 1.54) is 12.8 Å². The van der Waals surface area contributed by atoms with Crippen molar-refractivity contribution >= 4 is 5.91 Å². The van der Waals surface area contributed by atoms with E-state index in [0.717, 1.165) is 36.3 Å². The summed E-state index contributed by atoms with van der Waals surface area (Å²) in [5.74, 6) is 0.618. The Kier molecular flexibility index (Phi) is 3.22. The molecule has 0 spiro atoms. The quantitative estimate of drug-likeness (QED) is 0.811. The van der Waals surface area contributed by atoms with Crippen LogP contribution < -0.4 is 10.6 Å². The van der Waals surface area contributed by atoms with Crippen LogP contribution >= 0.6 is 0 Å². The third-order valence-corrected chi connectivity index (χ3v) is 5.11. The van der Waals surface area contributed by atoms with Gasteiger partial charge in [0.1, 0.15) is 0 Å². The Morgan fingerprint density at radius 3 is 2.95 bits per heavy atom. The van der Waals surface area contributed by atoms with Gasteiger partial charge in [-0.1, -0.05) is 18.6 Å². The van der Waals surface area contributed by atoms with E-state index in [0.29, 0.717) is 5.92 Å². The number of carbonyl (C=O) groups excluding carboxylic acids is 1. The van der Waals surface area contributed by atoms with Gasteiger partial charge in [0.2, 0.25) is 0 Å². The Balaban J connectivity index is 1.51. The lowest BCUT2D eigenvalue weighted by molar-refractivity contribution is 0.0894. The number of benzene rings is 1. The van der Waals surface area contributed by atoms with Gasteiger partial charge in [0.15, 0.2) is 0 Å². The predicted molar refractivity (Wildman–Crippen MR) is 84.4 cm³/mol. The molecule has 0 bridgehead atoms. The molecule has 3 N–H and O–H groups in total. The molecule has 2 atom stereocenters. The fraction of sp³-hybridized carbons (Fsp3) is 0.412. The van der Waals surface area contributed by atoms with Crippen LogP contribution in [0.4, 0.5) is 0 Å². The van der Waals surface area contributed by atoms with Crippen molar-refractivity contribution in [2.75, 3.05) is 13.1 Å². The fourth-order valence-electron chi connectivity index (χ4n) is 3.87. The molecule has 1 amide bonds. The molecule has 22 heavy (non-hydrogen) atoms. The number of rotatable bonds is 3. The van der Waals surface area contributed by atoms with E-state index in [-0.39, 0.29) is 11.4 Å². The predicted octanol–water partition coefficient (Wildman–Crippen LogP) is 1.95. The minimum absolute atomic E-state index is 0.0286. The summed E-state index contributed by atoms with van der Waals surface area (Å²) in [6.45, 7) is 1.93. The second-order valence-corrected chi connectivity index (χ2v) is 6.37. The smallest absolute Gasteiger partial charge is 0.251 e. The number of imidazole rings is 1. The first-order valence-electron chi connectivity index (χ1n) is 7.89. The van der Waals surface area contributed by atoms with Gasteiger partial charge >= 0.3 is 0 Å². The summed E-state index contributed by atoms with van der Waals surface area (Å²) >= 11 is 0. The fourth-order valence-corrected chi connectivity index (χ4v) is 3.87. The summed E-state index contributed by atoms with van der Waals surface area (Å²) in [6.07, 6.45) is 6.95. The maximum atomic E-state index is 12.6. The number of H-pyrrole nitrogens is 1. The molecular weight excluding hydrogens is 276 g/mol. The zero-order valence-electron chi connectivity index (χ0n) is 12.4. The third-order valence-electron chi connectivity index (χ3n) is 5.11. The molecule has 1 saturated carbocycles. The van der Waals surface area contributed by atoms with Gasteiger partial charge in [0.25, 0.3) is 5.91 Å². The topological polar surface area (TPSA) is 69.8 Å². The van der Waals surface area contributed by atoms with Crippen molar-refractivity contribution in [2.45, 2.75) is 24.8 Å². The van der Waals surface area contributed by atoms with Crippen molar-refractivity contribution in [3.05, 3.63) is 42.4 Å². The molecule has 0 unspecified atom stereocenters. The Labute approximate surface area is 129 Å². The third kappa shape index (κ3) is 2.22. The van der Waals surface area contributed by atoms with Crippen LogP contribution in [0.15, 0.2) is 36.8 Å². The highest BCUT2D eigenvalue weighted by Crippen LogP contribution is 2.38.